The van der Waals surface area contributed by atoms with Gasteiger partial charge in [0.15, 0.2) is 6.29 Å². The Kier molecular flexibility index (Phi) is 3.88. The van der Waals surface area contributed by atoms with E-state index in [1.54, 1.807) is 18.2 Å². The van der Waals surface area contributed by atoms with Crippen molar-refractivity contribution in [1.82, 2.24) is 4.98 Å². The molecule has 3 rings (SSSR count). The average Bonchev–Trinajstić information content (AvgIpc) is 2.53. The lowest BCUT2D eigenvalue weighted by Gasteiger charge is -2.08. The van der Waals surface area contributed by atoms with Gasteiger partial charge in [0.25, 0.3) is 0 Å². The molecule has 0 bridgehead atoms. The van der Waals surface area contributed by atoms with Crippen LogP contribution in [0.1, 0.15) is 16.1 Å². The Bertz CT molecular complexity index is 802. The largest absolute Gasteiger partial charge is 0.487 e. The minimum Gasteiger partial charge on any atom is -0.487 e. The van der Waals surface area contributed by atoms with Crippen LogP contribution in [0.25, 0.3) is 10.9 Å². The average molecular weight is 295 g/mol. The fourth-order valence-corrected chi connectivity index (χ4v) is 2.31. The summed E-state index contributed by atoms with van der Waals surface area (Å²) in [6.07, 6.45) is 0.775. The first kappa shape index (κ1) is 13.6. The van der Waals surface area contributed by atoms with E-state index in [4.69, 9.17) is 4.74 Å². The molecular formula is C17H13NO2S. The van der Waals surface area contributed by atoms with Gasteiger partial charge in [0.2, 0.25) is 0 Å². The van der Waals surface area contributed by atoms with Gasteiger partial charge in [0, 0.05) is 15.8 Å². The number of pyridine rings is 1. The quantitative estimate of drug-likeness (QED) is 0.586. The summed E-state index contributed by atoms with van der Waals surface area (Å²) in [5, 5.41) is 1.11. The van der Waals surface area contributed by atoms with E-state index in [1.807, 2.05) is 36.4 Å². The van der Waals surface area contributed by atoms with Crippen molar-refractivity contribution in [3.8, 4) is 5.75 Å². The Morgan fingerprint density at radius 1 is 1.10 bits per heavy atom. The molecule has 21 heavy (non-hydrogen) atoms. The van der Waals surface area contributed by atoms with E-state index < -0.39 is 0 Å². The van der Waals surface area contributed by atoms with E-state index in [9.17, 15) is 4.79 Å². The lowest BCUT2D eigenvalue weighted by Crippen LogP contribution is -1.98. The van der Waals surface area contributed by atoms with Crippen molar-refractivity contribution in [2.75, 3.05) is 0 Å². The molecule has 0 fully saturated rings. The van der Waals surface area contributed by atoms with Crippen molar-refractivity contribution in [3.63, 3.8) is 0 Å². The molecule has 1 aromatic heterocycles. The van der Waals surface area contributed by atoms with Crippen molar-refractivity contribution in [1.29, 1.82) is 0 Å². The standard InChI is InChI=1S/C17H13NO2S/c19-10-13-6-8-15(9-17(13)21)20-11-14-7-5-12-3-1-2-4-16(12)18-14/h1-10,21H,11H2. The molecule has 0 radical (unpaired) electrons. The van der Waals surface area contributed by atoms with Crippen LogP contribution in [0, 0.1) is 0 Å². The van der Waals surface area contributed by atoms with Crippen LogP contribution in [0.5, 0.6) is 5.75 Å². The number of benzene rings is 2. The normalized spacial score (nSPS) is 10.5. The minimum atomic E-state index is 0.374. The van der Waals surface area contributed by atoms with Gasteiger partial charge in [0.1, 0.15) is 12.4 Å². The smallest absolute Gasteiger partial charge is 0.151 e. The number of nitrogens with zero attached hydrogens (tertiary/aromatic N) is 1. The number of fused-ring (bicyclic) bond motifs is 1. The highest BCUT2D eigenvalue weighted by atomic mass is 32.1. The van der Waals surface area contributed by atoms with Crippen molar-refractivity contribution in [3.05, 3.63) is 65.9 Å². The maximum absolute atomic E-state index is 10.7. The van der Waals surface area contributed by atoms with Gasteiger partial charge in [-0.2, -0.15) is 0 Å². The summed E-state index contributed by atoms with van der Waals surface area (Å²) in [4.78, 5) is 15.9. The molecule has 0 atom stereocenters. The molecule has 0 aliphatic heterocycles. The summed E-state index contributed by atoms with van der Waals surface area (Å²) < 4.78 is 5.69. The Morgan fingerprint density at radius 3 is 2.76 bits per heavy atom. The van der Waals surface area contributed by atoms with Gasteiger partial charge in [-0.3, -0.25) is 4.79 Å². The van der Waals surface area contributed by atoms with Crippen LogP contribution in [0.4, 0.5) is 0 Å². The summed E-state index contributed by atoms with van der Waals surface area (Å²) in [5.74, 6) is 0.667. The van der Waals surface area contributed by atoms with Gasteiger partial charge in [-0.25, -0.2) is 4.98 Å². The maximum atomic E-state index is 10.7. The summed E-state index contributed by atoms with van der Waals surface area (Å²) in [6.45, 7) is 0.374. The number of ether oxygens (including phenoxy) is 1. The number of hydrogen-bond acceptors (Lipinski definition) is 4. The molecule has 0 unspecified atom stereocenters. The van der Waals surface area contributed by atoms with Gasteiger partial charge in [-0.05, 0) is 30.3 Å². The highest BCUT2D eigenvalue weighted by molar-refractivity contribution is 7.80. The first-order valence-electron chi connectivity index (χ1n) is 6.52. The van der Waals surface area contributed by atoms with Gasteiger partial charge in [0.05, 0.1) is 11.2 Å². The van der Waals surface area contributed by atoms with Crippen molar-refractivity contribution in [2.45, 2.75) is 11.5 Å². The number of hydrogen-bond donors (Lipinski definition) is 1. The lowest BCUT2D eigenvalue weighted by molar-refractivity contribution is 0.112. The topological polar surface area (TPSA) is 39.2 Å². The molecule has 0 N–H and O–H groups in total. The number of para-hydroxylation sites is 1. The van der Waals surface area contributed by atoms with E-state index in [0.717, 1.165) is 22.9 Å². The predicted octanol–water partition coefficient (Wildman–Crippen LogP) is 3.92. The number of thiol groups is 1. The van der Waals surface area contributed by atoms with Crippen molar-refractivity contribution in [2.24, 2.45) is 0 Å². The Morgan fingerprint density at radius 2 is 1.95 bits per heavy atom. The second-order valence-electron chi connectivity index (χ2n) is 4.62. The fraction of sp³-hybridized carbons (Fsp3) is 0.0588. The highest BCUT2D eigenvalue weighted by Crippen LogP contribution is 2.21. The molecule has 0 aliphatic carbocycles. The molecule has 0 spiro atoms. The van der Waals surface area contributed by atoms with Crippen LogP contribution in [0.2, 0.25) is 0 Å². The lowest BCUT2D eigenvalue weighted by atomic mass is 10.2. The summed E-state index contributed by atoms with van der Waals surface area (Å²) in [5.41, 5.74) is 2.35. The molecule has 0 aliphatic rings. The van der Waals surface area contributed by atoms with Crippen LogP contribution >= 0.6 is 12.6 Å². The molecule has 1 heterocycles. The molecular weight excluding hydrogens is 282 g/mol. The number of aldehydes is 1. The third kappa shape index (κ3) is 3.06. The molecule has 0 saturated heterocycles. The molecule has 4 heteroatoms. The van der Waals surface area contributed by atoms with E-state index in [2.05, 4.69) is 17.6 Å². The summed E-state index contributed by atoms with van der Waals surface area (Å²) in [6, 6.07) is 17.1. The van der Waals surface area contributed by atoms with E-state index >= 15 is 0 Å². The van der Waals surface area contributed by atoms with Crippen LogP contribution in [-0.2, 0) is 6.61 Å². The molecule has 3 aromatic rings. The molecule has 0 saturated carbocycles. The number of carbonyl (C=O) groups excluding carboxylic acids is 1. The van der Waals surface area contributed by atoms with Gasteiger partial charge >= 0.3 is 0 Å². The third-order valence-corrected chi connectivity index (χ3v) is 3.56. The first-order valence-corrected chi connectivity index (χ1v) is 6.96. The van der Waals surface area contributed by atoms with E-state index in [-0.39, 0.29) is 0 Å². The maximum Gasteiger partial charge on any atom is 0.151 e. The molecule has 0 amide bonds. The Hall–Kier alpha value is -2.33. The zero-order valence-electron chi connectivity index (χ0n) is 11.2. The number of carbonyl (C=O) groups is 1. The van der Waals surface area contributed by atoms with Crippen LogP contribution < -0.4 is 4.74 Å². The summed E-state index contributed by atoms with van der Waals surface area (Å²) in [7, 11) is 0. The second-order valence-corrected chi connectivity index (χ2v) is 5.10. The number of aromatic nitrogens is 1. The molecule has 2 aromatic carbocycles. The third-order valence-electron chi connectivity index (χ3n) is 3.17. The Balaban J connectivity index is 1.76. The second kappa shape index (κ2) is 5.97. The van der Waals surface area contributed by atoms with Gasteiger partial charge < -0.3 is 4.74 Å². The fourth-order valence-electron chi connectivity index (χ4n) is 2.06. The zero-order chi connectivity index (χ0) is 14.7. The molecule has 104 valence electrons. The van der Waals surface area contributed by atoms with Crippen LogP contribution in [0.3, 0.4) is 0 Å². The van der Waals surface area contributed by atoms with Crippen molar-refractivity contribution < 1.29 is 9.53 Å². The van der Waals surface area contributed by atoms with Gasteiger partial charge in [-0.15, -0.1) is 12.6 Å². The number of rotatable bonds is 4. The summed E-state index contributed by atoms with van der Waals surface area (Å²) >= 11 is 4.25. The highest BCUT2D eigenvalue weighted by Gasteiger charge is 2.03. The van der Waals surface area contributed by atoms with Crippen LogP contribution in [0.15, 0.2) is 59.5 Å². The SMILES string of the molecule is O=Cc1ccc(OCc2ccc3ccccc3n2)cc1S. The zero-order valence-corrected chi connectivity index (χ0v) is 12.1. The van der Waals surface area contributed by atoms with Crippen LogP contribution in [-0.4, -0.2) is 11.3 Å². The monoisotopic (exact) mass is 295 g/mol. The van der Waals surface area contributed by atoms with E-state index in [0.29, 0.717) is 22.8 Å². The van der Waals surface area contributed by atoms with Gasteiger partial charge in [-0.1, -0.05) is 24.3 Å². The first-order chi connectivity index (χ1) is 10.3. The Labute approximate surface area is 128 Å². The molecule has 3 nitrogen and oxygen atoms in total. The predicted molar refractivity (Wildman–Crippen MR) is 85.2 cm³/mol. The van der Waals surface area contributed by atoms with E-state index in [1.165, 1.54) is 0 Å². The minimum absolute atomic E-state index is 0.374. The van der Waals surface area contributed by atoms with Crippen molar-refractivity contribution >= 4 is 29.8 Å².